The van der Waals surface area contributed by atoms with Gasteiger partial charge in [-0.2, -0.15) is 0 Å². The molecule has 0 aliphatic heterocycles. The Bertz CT molecular complexity index is 1220. The molecule has 0 amide bonds. The first-order valence-corrected chi connectivity index (χ1v) is 10.3. The maximum Gasteiger partial charge on any atom is 0.204 e. The van der Waals surface area contributed by atoms with E-state index in [2.05, 4.69) is 39.8 Å². The van der Waals surface area contributed by atoms with Crippen LogP contribution in [0.3, 0.4) is 0 Å². The van der Waals surface area contributed by atoms with E-state index in [4.69, 9.17) is 31.1 Å². The molecule has 1 unspecified atom stereocenters. The van der Waals surface area contributed by atoms with Crippen LogP contribution in [0.4, 0.5) is 5.69 Å². The lowest BCUT2D eigenvalue weighted by Crippen LogP contribution is -2.25. The molecule has 2 aromatic carbocycles. The highest BCUT2D eigenvalue weighted by Crippen LogP contribution is 2.47. The van der Waals surface area contributed by atoms with E-state index >= 15 is 0 Å². The van der Waals surface area contributed by atoms with Gasteiger partial charge in [0.15, 0.2) is 11.5 Å². The number of ether oxygens (including phenoxy) is 2. The van der Waals surface area contributed by atoms with Crippen molar-refractivity contribution in [3.8, 4) is 22.8 Å². The minimum atomic E-state index is 0.0931. The molecule has 30 heavy (non-hydrogen) atoms. The number of rotatable bonds is 3. The number of hydrogen-bond donors (Lipinski definition) is 0. The van der Waals surface area contributed by atoms with E-state index in [0.29, 0.717) is 16.8 Å². The van der Waals surface area contributed by atoms with E-state index < -0.39 is 0 Å². The summed E-state index contributed by atoms with van der Waals surface area (Å²) < 4.78 is 12.9. The van der Waals surface area contributed by atoms with Crippen molar-refractivity contribution in [3.05, 3.63) is 62.9 Å². The van der Waals surface area contributed by atoms with Crippen molar-refractivity contribution in [3.63, 3.8) is 0 Å². The summed E-state index contributed by atoms with van der Waals surface area (Å²) in [5.74, 6) is 1.47. The molecule has 5 nitrogen and oxygen atoms in total. The molecule has 0 saturated heterocycles. The third-order valence-electron chi connectivity index (χ3n) is 5.86. The molecule has 1 heterocycles. The van der Waals surface area contributed by atoms with Crippen molar-refractivity contribution in [2.75, 3.05) is 14.2 Å². The number of aromatic nitrogens is 2. The highest BCUT2D eigenvalue weighted by Gasteiger charge is 2.32. The monoisotopic (exact) mass is 423 g/mol. The Labute approximate surface area is 182 Å². The number of halogens is 1. The van der Waals surface area contributed by atoms with Gasteiger partial charge in [-0.25, -0.2) is 9.98 Å². The van der Waals surface area contributed by atoms with E-state index in [-0.39, 0.29) is 5.92 Å². The minimum Gasteiger partial charge on any atom is -0.493 e. The van der Waals surface area contributed by atoms with Crippen LogP contribution in [0.5, 0.6) is 11.5 Å². The Kier molecular flexibility index (Phi) is 5.10. The molecule has 0 bridgehead atoms. The lowest BCUT2D eigenvalue weighted by atomic mass is 9.99. The van der Waals surface area contributed by atoms with Crippen LogP contribution in [-0.4, -0.2) is 23.8 Å². The first-order chi connectivity index (χ1) is 14.3. The molecule has 0 spiro atoms. The van der Waals surface area contributed by atoms with Crippen LogP contribution < -0.4 is 15.0 Å². The summed E-state index contributed by atoms with van der Waals surface area (Å²) in [6, 6.07) is 8.32. The molecule has 1 aliphatic carbocycles. The van der Waals surface area contributed by atoms with Crippen molar-refractivity contribution in [2.24, 2.45) is 12.0 Å². The van der Waals surface area contributed by atoms with Gasteiger partial charge in [0.2, 0.25) is 5.28 Å². The SMILES string of the molecule is COc1cc2c(cc1OC)C(C)c1c-2nc(Cl)n(C)c1=Nc1c(C)cc(C)cc1C. The topological polar surface area (TPSA) is 48.6 Å². The number of nitrogens with zero attached hydrogens (tertiary/aromatic N) is 3. The molecule has 0 fully saturated rings. The Balaban J connectivity index is 2.05. The molecular formula is C24H26ClN3O2. The molecule has 1 aromatic heterocycles. The van der Waals surface area contributed by atoms with Crippen LogP contribution in [0.1, 0.15) is 40.7 Å². The molecular weight excluding hydrogens is 398 g/mol. The van der Waals surface area contributed by atoms with Gasteiger partial charge < -0.3 is 14.0 Å². The van der Waals surface area contributed by atoms with Crippen LogP contribution in [0.25, 0.3) is 11.3 Å². The first kappa shape index (κ1) is 20.5. The predicted octanol–water partition coefficient (Wildman–Crippen LogP) is 5.38. The molecule has 4 rings (SSSR count). The number of benzene rings is 2. The second-order valence-corrected chi connectivity index (χ2v) is 8.24. The zero-order chi connectivity index (χ0) is 21.7. The van der Waals surface area contributed by atoms with Crippen molar-refractivity contribution in [1.29, 1.82) is 0 Å². The summed E-state index contributed by atoms with van der Waals surface area (Å²) in [5, 5.41) is 0.393. The van der Waals surface area contributed by atoms with E-state index in [9.17, 15) is 0 Å². The quantitative estimate of drug-likeness (QED) is 0.531. The molecule has 1 aliphatic rings. The summed E-state index contributed by atoms with van der Waals surface area (Å²) in [5.41, 5.74) is 9.35. The fraction of sp³-hybridized carbons (Fsp3) is 0.333. The zero-order valence-electron chi connectivity index (χ0n) is 18.4. The van der Waals surface area contributed by atoms with E-state index in [0.717, 1.165) is 44.7 Å². The largest absolute Gasteiger partial charge is 0.493 e. The maximum atomic E-state index is 6.55. The van der Waals surface area contributed by atoms with Crippen LogP contribution in [-0.2, 0) is 7.05 Å². The predicted molar refractivity (Wildman–Crippen MR) is 120 cm³/mol. The lowest BCUT2D eigenvalue weighted by molar-refractivity contribution is 0.354. The summed E-state index contributed by atoms with van der Waals surface area (Å²) in [7, 11) is 5.19. The molecule has 3 aromatic rings. The van der Waals surface area contributed by atoms with Crippen LogP contribution in [0, 0.1) is 20.8 Å². The van der Waals surface area contributed by atoms with Gasteiger partial charge in [-0.05, 0) is 61.2 Å². The number of hydrogen-bond acceptors (Lipinski definition) is 4. The summed E-state index contributed by atoms with van der Waals surface area (Å²) >= 11 is 6.55. The maximum absolute atomic E-state index is 6.55. The highest BCUT2D eigenvalue weighted by atomic mass is 35.5. The average Bonchev–Trinajstić information content (AvgIpc) is 2.97. The molecule has 0 N–H and O–H groups in total. The highest BCUT2D eigenvalue weighted by molar-refractivity contribution is 6.28. The zero-order valence-corrected chi connectivity index (χ0v) is 19.2. The standard InChI is InChI=1S/C24H26ClN3O2/c1-12-8-13(2)21(14(3)9-12)26-23-20-15(4)16-10-18(29-6)19(30-7)11-17(16)22(20)27-24(25)28(23)5/h8-11,15H,1-7H3. The van der Waals surface area contributed by atoms with Crippen molar-refractivity contribution < 1.29 is 9.47 Å². The Morgan fingerprint density at radius 1 is 1.00 bits per heavy atom. The fourth-order valence-corrected chi connectivity index (χ4v) is 4.57. The third kappa shape index (κ3) is 3.08. The Morgan fingerprint density at radius 2 is 1.60 bits per heavy atom. The van der Waals surface area contributed by atoms with Gasteiger partial charge in [0.05, 0.1) is 25.6 Å². The summed E-state index contributed by atoms with van der Waals surface area (Å²) in [6.07, 6.45) is 0. The van der Waals surface area contributed by atoms with Gasteiger partial charge in [0.1, 0.15) is 5.49 Å². The van der Waals surface area contributed by atoms with Crippen molar-refractivity contribution >= 4 is 17.3 Å². The normalized spacial score (nSPS) is 15.2. The van der Waals surface area contributed by atoms with Crippen LogP contribution in [0.15, 0.2) is 29.3 Å². The number of methoxy groups -OCH3 is 2. The van der Waals surface area contributed by atoms with Gasteiger partial charge in [-0.3, -0.25) is 0 Å². The van der Waals surface area contributed by atoms with Crippen molar-refractivity contribution in [2.45, 2.75) is 33.6 Å². The molecule has 156 valence electrons. The number of fused-ring (bicyclic) bond motifs is 3. The van der Waals surface area contributed by atoms with Gasteiger partial charge in [-0.1, -0.05) is 24.6 Å². The lowest BCUT2D eigenvalue weighted by Gasteiger charge is -2.13. The Morgan fingerprint density at radius 3 is 2.20 bits per heavy atom. The molecule has 0 saturated carbocycles. The second kappa shape index (κ2) is 7.47. The fourth-order valence-electron chi connectivity index (χ4n) is 4.41. The summed E-state index contributed by atoms with van der Waals surface area (Å²) in [4.78, 5) is 9.82. The number of aryl methyl sites for hydroxylation is 3. The van der Waals surface area contributed by atoms with E-state index in [1.165, 1.54) is 5.56 Å². The van der Waals surface area contributed by atoms with Crippen LogP contribution >= 0.6 is 11.6 Å². The molecule has 1 atom stereocenters. The van der Waals surface area contributed by atoms with Gasteiger partial charge in [0, 0.05) is 24.1 Å². The smallest absolute Gasteiger partial charge is 0.204 e. The summed E-state index contributed by atoms with van der Waals surface area (Å²) in [6.45, 7) is 8.45. The average molecular weight is 424 g/mol. The van der Waals surface area contributed by atoms with E-state index in [1.807, 2.05) is 23.7 Å². The third-order valence-corrected chi connectivity index (χ3v) is 6.20. The molecule has 6 heteroatoms. The van der Waals surface area contributed by atoms with Gasteiger partial charge in [-0.15, -0.1) is 0 Å². The molecule has 0 radical (unpaired) electrons. The first-order valence-electron chi connectivity index (χ1n) is 9.92. The Hall–Kier alpha value is -2.79. The van der Waals surface area contributed by atoms with Crippen LogP contribution in [0.2, 0.25) is 5.28 Å². The van der Waals surface area contributed by atoms with Crippen molar-refractivity contribution in [1.82, 2.24) is 9.55 Å². The van der Waals surface area contributed by atoms with E-state index in [1.54, 1.807) is 14.2 Å². The second-order valence-electron chi connectivity index (χ2n) is 7.90. The van der Waals surface area contributed by atoms with Gasteiger partial charge >= 0.3 is 0 Å². The van der Waals surface area contributed by atoms with Gasteiger partial charge in [0.25, 0.3) is 0 Å². The minimum absolute atomic E-state index is 0.0931.